The van der Waals surface area contributed by atoms with Crippen molar-refractivity contribution in [3.63, 3.8) is 0 Å². The highest BCUT2D eigenvalue weighted by Gasteiger charge is 2.17. The second kappa shape index (κ2) is 6.26. The maximum absolute atomic E-state index is 11.5. The van der Waals surface area contributed by atoms with Gasteiger partial charge in [-0.25, -0.2) is 4.79 Å². The molecule has 1 unspecified atom stereocenters. The Morgan fingerprint density at radius 1 is 1.47 bits per heavy atom. The lowest BCUT2D eigenvalue weighted by atomic mass is 10.1. The maximum Gasteiger partial charge on any atom is 0.407 e. The number of alkyl carbamates (subject to hydrolysis) is 1. The Balaban J connectivity index is 2.53. The molecule has 5 heteroatoms. The first-order valence-electron chi connectivity index (χ1n) is 6.17. The van der Waals surface area contributed by atoms with Crippen molar-refractivity contribution in [2.45, 2.75) is 39.3 Å². The van der Waals surface area contributed by atoms with E-state index in [9.17, 15) is 4.79 Å². The van der Waals surface area contributed by atoms with Crippen molar-refractivity contribution in [3.8, 4) is 0 Å². The molecule has 1 amide bonds. The summed E-state index contributed by atoms with van der Waals surface area (Å²) in [7, 11) is 0. The average Bonchev–Trinajstić information content (AvgIpc) is 2.27. The Morgan fingerprint density at radius 3 is 2.63 bits per heavy atom. The van der Waals surface area contributed by atoms with Gasteiger partial charge in [-0.05, 0) is 44.9 Å². The van der Waals surface area contributed by atoms with Crippen LogP contribution in [0.1, 0.15) is 37.9 Å². The van der Waals surface area contributed by atoms with E-state index in [0.717, 1.165) is 11.1 Å². The SMILES string of the molecule is Cc1ccc(C(N)CNC(=O)OC(C)(C)C)cc1Cl. The fraction of sp³-hybridized carbons (Fsp3) is 0.500. The Kier molecular flexibility index (Phi) is 5.20. The molecule has 19 heavy (non-hydrogen) atoms. The van der Waals surface area contributed by atoms with Gasteiger partial charge >= 0.3 is 6.09 Å². The zero-order valence-corrected chi connectivity index (χ0v) is 12.5. The van der Waals surface area contributed by atoms with E-state index in [4.69, 9.17) is 22.1 Å². The first-order chi connectivity index (χ1) is 8.69. The van der Waals surface area contributed by atoms with Crippen LogP contribution in [0.3, 0.4) is 0 Å². The van der Waals surface area contributed by atoms with E-state index in [1.807, 2.05) is 45.9 Å². The molecule has 0 saturated carbocycles. The summed E-state index contributed by atoms with van der Waals surface area (Å²) in [4.78, 5) is 11.5. The number of benzene rings is 1. The molecule has 0 spiro atoms. The van der Waals surface area contributed by atoms with Crippen LogP contribution >= 0.6 is 11.6 Å². The van der Waals surface area contributed by atoms with E-state index in [1.54, 1.807) is 0 Å². The fourth-order valence-electron chi connectivity index (χ4n) is 1.47. The van der Waals surface area contributed by atoms with Gasteiger partial charge in [-0.15, -0.1) is 0 Å². The van der Waals surface area contributed by atoms with Gasteiger partial charge in [0.1, 0.15) is 5.60 Å². The maximum atomic E-state index is 11.5. The van der Waals surface area contributed by atoms with Crippen molar-refractivity contribution in [2.75, 3.05) is 6.54 Å². The van der Waals surface area contributed by atoms with Gasteiger partial charge in [0, 0.05) is 17.6 Å². The Bertz CT molecular complexity index is 455. The highest BCUT2D eigenvalue weighted by Crippen LogP contribution is 2.20. The number of ether oxygens (including phenoxy) is 1. The predicted octanol–water partition coefficient (Wildman–Crippen LogP) is 3.17. The molecule has 0 fully saturated rings. The third-order valence-corrected chi connectivity index (χ3v) is 2.90. The number of rotatable bonds is 3. The summed E-state index contributed by atoms with van der Waals surface area (Å²) in [5, 5.41) is 3.31. The van der Waals surface area contributed by atoms with Gasteiger partial charge in [0.25, 0.3) is 0 Å². The third-order valence-electron chi connectivity index (χ3n) is 2.49. The van der Waals surface area contributed by atoms with Gasteiger partial charge in [0.15, 0.2) is 0 Å². The molecule has 0 bridgehead atoms. The van der Waals surface area contributed by atoms with Crippen LogP contribution < -0.4 is 11.1 Å². The van der Waals surface area contributed by atoms with E-state index in [-0.39, 0.29) is 6.04 Å². The molecule has 106 valence electrons. The van der Waals surface area contributed by atoms with Crippen LogP contribution in [0.2, 0.25) is 5.02 Å². The fourth-order valence-corrected chi connectivity index (χ4v) is 1.65. The third kappa shape index (κ3) is 5.49. The molecule has 0 aliphatic heterocycles. The number of halogens is 1. The Labute approximate surface area is 119 Å². The summed E-state index contributed by atoms with van der Waals surface area (Å²) < 4.78 is 5.14. The minimum atomic E-state index is -0.513. The number of nitrogens with one attached hydrogen (secondary N) is 1. The molecule has 0 saturated heterocycles. The van der Waals surface area contributed by atoms with Crippen molar-refractivity contribution >= 4 is 17.7 Å². The standard InChI is InChI=1S/C14H21ClN2O2/c1-9-5-6-10(7-11(9)15)12(16)8-17-13(18)19-14(2,3)4/h5-7,12H,8,16H2,1-4H3,(H,17,18). The van der Waals surface area contributed by atoms with Gasteiger partial charge in [0.2, 0.25) is 0 Å². The quantitative estimate of drug-likeness (QED) is 0.896. The van der Waals surface area contributed by atoms with Gasteiger partial charge < -0.3 is 15.8 Å². The first kappa shape index (κ1) is 15.8. The van der Waals surface area contributed by atoms with E-state index in [0.29, 0.717) is 11.6 Å². The minimum Gasteiger partial charge on any atom is -0.444 e. The largest absolute Gasteiger partial charge is 0.444 e. The number of aryl methyl sites for hydroxylation is 1. The topological polar surface area (TPSA) is 64.3 Å². The number of amides is 1. The first-order valence-corrected chi connectivity index (χ1v) is 6.55. The molecule has 1 aromatic rings. The molecule has 1 aromatic carbocycles. The highest BCUT2D eigenvalue weighted by atomic mass is 35.5. The number of nitrogens with two attached hydrogens (primary N) is 1. The van der Waals surface area contributed by atoms with E-state index >= 15 is 0 Å². The van der Waals surface area contributed by atoms with Crippen molar-refractivity contribution in [1.82, 2.24) is 5.32 Å². The van der Waals surface area contributed by atoms with Crippen LogP contribution in [0.25, 0.3) is 0 Å². The summed E-state index contributed by atoms with van der Waals surface area (Å²) in [6, 6.07) is 5.32. The number of hydrogen-bond donors (Lipinski definition) is 2. The lowest BCUT2D eigenvalue weighted by Crippen LogP contribution is -2.36. The lowest BCUT2D eigenvalue weighted by Gasteiger charge is -2.21. The van der Waals surface area contributed by atoms with Crippen LogP contribution in [0.4, 0.5) is 4.79 Å². The highest BCUT2D eigenvalue weighted by molar-refractivity contribution is 6.31. The molecule has 4 nitrogen and oxygen atoms in total. The molecular weight excluding hydrogens is 264 g/mol. The van der Waals surface area contributed by atoms with Crippen LogP contribution in [-0.2, 0) is 4.74 Å². The van der Waals surface area contributed by atoms with E-state index < -0.39 is 11.7 Å². The zero-order valence-electron chi connectivity index (χ0n) is 11.8. The summed E-state index contributed by atoms with van der Waals surface area (Å²) in [5.74, 6) is 0. The minimum absolute atomic E-state index is 0.300. The molecule has 0 aromatic heterocycles. The Morgan fingerprint density at radius 2 is 2.11 bits per heavy atom. The number of carbonyl (C=O) groups excluding carboxylic acids is 1. The smallest absolute Gasteiger partial charge is 0.407 e. The van der Waals surface area contributed by atoms with Crippen molar-refractivity contribution in [3.05, 3.63) is 34.3 Å². The van der Waals surface area contributed by atoms with Crippen LogP contribution in [0.15, 0.2) is 18.2 Å². The summed E-state index contributed by atoms with van der Waals surface area (Å²) in [6.07, 6.45) is -0.471. The number of hydrogen-bond acceptors (Lipinski definition) is 3. The molecule has 1 atom stereocenters. The van der Waals surface area contributed by atoms with E-state index in [2.05, 4.69) is 5.32 Å². The lowest BCUT2D eigenvalue weighted by molar-refractivity contribution is 0.0524. The second-order valence-corrected chi connectivity index (χ2v) is 5.91. The Hall–Kier alpha value is -1.26. The van der Waals surface area contributed by atoms with Crippen molar-refractivity contribution < 1.29 is 9.53 Å². The van der Waals surface area contributed by atoms with Crippen molar-refractivity contribution in [1.29, 1.82) is 0 Å². The monoisotopic (exact) mass is 284 g/mol. The zero-order chi connectivity index (χ0) is 14.6. The normalized spacial score (nSPS) is 12.9. The number of carbonyl (C=O) groups is 1. The summed E-state index contributed by atoms with van der Waals surface area (Å²) in [6.45, 7) is 7.66. The average molecular weight is 285 g/mol. The molecule has 0 heterocycles. The molecule has 0 aliphatic rings. The van der Waals surface area contributed by atoms with Gasteiger partial charge in [-0.3, -0.25) is 0 Å². The molecule has 0 aliphatic carbocycles. The molecule has 0 radical (unpaired) electrons. The molecule has 3 N–H and O–H groups in total. The summed E-state index contributed by atoms with van der Waals surface area (Å²) >= 11 is 6.04. The summed E-state index contributed by atoms with van der Waals surface area (Å²) in [5.41, 5.74) is 7.36. The van der Waals surface area contributed by atoms with Gasteiger partial charge in [-0.1, -0.05) is 23.7 Å². The van der Waals surface area contributed by atoms with Gasteiger partial charge in [0.05, 0.1) is 0 Å². The second-order valence-electron chi connectivity index (χ2n) is 5.50. The van der Waals surface area contributed by atoms with Crippen LogP contribution in [-0.4, -0.2) is 18.2 Å². The van der Waals surface area contributed by atoms with Crippen LogP contribution in [0.5, 0.6) is 0 Å². The van der Waals surface area contributed by atoms with Gasteiger partial charge in [-0.2, -0.15) is 0 Å². The molecule has 1 rings (SSSR count). The van der Waals surface area contributed by atoms with Crippen molar-refractivity contribution in [2.24, 2.45) is 5.73 Å². The van der Waals surface area contributed by atoms with E-state index in [1.165, 1.54) is 0 Å². The van der Waals surface area contributed by atoms with Crippen LogP contribution in [0, 0.1) is 6.92 Å². The molecular formula is C14H21ClN2O2. The predicted molar refractivity (Wildman–Crippen MR) is 77.4 cm³/mol.